The summed E-state index contributed by atoms with van der Waals surface area (Å²) in [5, 5.41) is 12.2. The summed E-state index contributed by atoms with van der Waals surface area (Å²) in [6.07, 6.45) is 1.09. The second-order valence-corrected chi connectivity index (χ2v) is 5.08. The largest absolute Gasteiger partial charge is 0.480 e. The van der Waals surface area contributed by atoms with Crippen LogP contribution in [0.5, 0.6) is 0 Å². The van der Waals surface area contributed by atoms with Crippen LogP contribution in [0.15, 0.2) is 48.5 Å². The minimum atomic E-state index is -0.937. The molecule has 21 heavy (non-hydrogen) atoms. The van der Waals surface area contributed by atoms with Gasteiger partial charge in [-0.05, 0) is 49.1 Å². The van der Waals surface area contributed by atoms with Gasteiger partial charge in [-0.15, -0.1) is 0 Å². The van der Waals surface area contributed by atoms with Gasteiger partial charge in [0.25, 0.3) is 0 Å². The lowest BCUT2D eigenvalue weighted by atomic mass is 10.0. The van der Waals surface area contributed by atoms with Crippen LogP contribution in [0, 0.1) is 12.7 Å². The number of nitrogens with one attached hydrogen (secondary N) is 1. The molecule has 0 saturated heterocycles. The van der Waals surface area contributed by atoms with Gasteiger partial charge in [0.15, 0.2) is 0 Å². The molecular weight excluding hydrogens is 269 g/mol. The SMILES string of the molecule is Cc1cc(F)cc(NC(CCc2ccccc2)C(=O)O)c1. The van der Waals surface area contributed by atoms with Crippen LogP contribution < -0.4 is 5.32 Å². The van der Waals surface area contributed by atoms with Crippen LogP contribution in [-0.2, 0) is 11.2 Å². The third-order valence-electron chi connectivity index (χ3n) is 3.25. The summed E-state index contributed by atoms with van der Waals surface area (Å²) < 4.78 is 13.3. The lowest BCUT2D eigenvalue weighted by Crippen LogP contribution is -2.29. The van der Waals surface area contributed by atoms with Crippen molar-refractivity contribution < 1.29 is 14.3 Å². The highest BCUT2D eigenvalue weighted by molar-refractivity contribution is 5.77. The zero-order valence-corrected chi connectivity index (χ0v) is 11.8. The fourth-order valence-corrected chi connectivity index (χ4v) is 2.23. The van der Waals surface area contributed by atoms with E-state index >= 15 is 0 Å². The van der Waals surface area contributed by atoms with Crippen molar-refractivity contribution in [3.63, 3.8) is 0 Å². The molecule has 0 aliphatic heterocycles. The average molecular weight is 287 g/mol. The standard InChI is InChI=1S/C17H18FNO2/c1-12-9-14(18)11-15(10-12)19-16(17(20)21)8-7-13-5-3-2-4-6-13/h2-6,9-11,16,19H,7-8H2,1H3,(H,20,21). The third-order valence-corrected chi connectivity index (χ3v) is 3.25. The zero-order chi connectivity index (χ0) is 15.2. The maximum absolute atomic E-state index is 13.3. The number of aryl methyl sites for hydroxylation is 2. The molecule has 0 saturated carbocycles. The van der Waals surface area contributed by atoms with Crippen LogP contribution in [0.1, 0.15) is 17.5 Å². The van der Waals surface area contributed by atoms with Gasteiger partial charge in [0, 0.05) is 5.69 Å². The minimum Gasteiger partial charge on any atom is -0.480 e. The summed E-state index contributed by atoms with van der Waals surface area (Å²) in [5.41, 5.74) is 2.33. The van der Waals surface area contributed by atoms with E-state index in [4.69, 9.17) is 0 Å². The molecule has 0 spiro atoms. The Bertz CT molecular complexity index is 593. The fourth-order valence-electron chi connectivity index (χ4n) is 2.23. The molecule has 2 aromatic rings. The van der Waals surface area contributed by atoms with Crippen LogP contribution in [0.25, 0.3) is 0 Å². The van der Waals surface area contributed by atoms with Crippen molar-refractivity contribution in [3.05, 3.63) is 65.5 Å². The van der Waals surface area contributed by atoms with E-state index in [2.05, 4.69) is 5.32 Å². The molecule has 2 N–H and O–H groups in total. The van der Waals surface area contributed by atoms with Gasteiger partial charge in [0.2, 0.25) is 0 Å². The Kier molecular flexibility index (Phi) is 4.93. The van der Waals surface area contributed by atoms with Gasteiger partial charge in [-0.1, -0.05) is 30.3 Å². The second kappa shape index (κ2) is 6.88. The molecule has 4 heteroatoms. The van der Waals surface area contributed by atoms with Crippen LogP contribution >= 0.6 is 0 Å². The van der Waals surface area contributed by atoms with Crippen LogP contribution in [0.3, 0.4) is 0 Å². The van der Waals surface area contributed by atoms with E-state index in [0.717, 1.165) is 11.1 Å². The number of halogens is 1. The number of carboxylic acid groups (broad SMARTS) is 1. The van der Waals surface area contributed by atoms with Crippen LogP contribution in [0.2, 0.25) is 0 Å². The van der Waals surface area contributed by atoms with Crippen molar-refractivity contribution in [2.45, 2.75) is 25.8 Å². The van der Waals surface area contributed by atoms with E-state index in [0.29, 0.717) is 18.5 Å². The molecule has 0 heterocycles. The average Bonchev–Trinajstić information content (AvgIpc) is 2.43. The Morgan fingerprint density at radius 1 is 1.24 bits per heavy atom. The lowest BCUT2D eigenvalue weighted by molar-refractivity contribution is -0.138. The van der Waals surface area contributed by atoms with Crippen LogP contribution in [-0.4, -0.2) is 17.1 Å². The van der Waals surface area contributed by atoms with Crippen molar-refractivity contribution in [1.29, 1.82) is 0 Å². The van der Waals surface area contributed by atoms with E-state index in [1.54, 1.807) is 13.0 Å². The molecular formula is C17H18FNO2. The van der Waals surface area contributed by atoms with Crippen molar-refractivity contribution in [2.24, 2.45) is 0 Å². The maximum Gasteiger partial charge on any atom is 0.326 e. The minimum absolute atomic E-state index is 0.371. The summed E-state index contributed by atoms with van der Waals surface area (Å²) in [7, 11) is 0. The van der Waals surface area contributed by atoms with Gasteiger partial charge < -0.3 is 10.4 Å². The molecule has 0 aromatic heterocycles. The summed E-state index contributed by atoms with van der Waals surface area (Å²) in [6.45, 7) is 1.77. The van der Waals surface area contributed by atoms with E-state index in [1.807, 2.05) is 30.3 Å². The molecule has 3 nitrogen and oxygen atoms in total. The summed E-state index contributed by atoms with van der Waals surface area (Å²) >= 11 is 0. The fraction of sp³-hybridized carbons (Fsp3) is 0.235. The highest BCUT2D eigenvalue weighted by atomic mass is 19.1. The van der Waals surface area contributed by atoms with Crippen molar-refractivity contribution in [1.82, 2.24) is 0 Å². The van der Waals surface area contributed by atoms with Crippen molar-refractivity contribution in [3.8, 4) is 0 Å². The molecule has 110 valence electrons. The Hall–Kier alpha value is -2.36. The van der Waals surface area contributed by atoms with Gasteiger partial charge in [0.1, 0.15) is 11.9 Å². The molecule has 0 aliphatic carbocycles. The van der Waals surface area contributed by atoms with Gasteiger partial charge in [-0.25, -0.2) is 9.18 Å². The predicted octanol–water partition coefficient (Wildman–Crippen LogP) is 3.63. The van der Waals surface area contributed by atoms with Crippen molar-refractivity contribution in [2.75, 3.05) is 5.32 Å². The van der Waals surface area contributed by atoms with Gasteiger partial charge >= 0.3 is 5.97 Å². The molecule has 1 unspecified atom stereocenters. The Morgan fingerprint density at radius 2 is 1.95 bits per heavy atom. The molecule has 0 radical (unpaired) electrons. The number of hydrogen-bond acceptors (Lipinski definition) is 2. The summed E-state index contributed by atoms with van der Waals surface area (Å²) in [6, 6.07) is 13.4. The van der Waals surface area contributed by atoms with Gasteiger partial charge in [-0.2, -0.15) is 0 Å². The number of benzene rings is 2. The molecule has 2 aromatic carbocycles. The first kappa shape index (κ1) is 15.0. The summed E-state index contributed by atoms with van der Waals surface area (Å²) in [5.74, 6) is -1.31. The lowest BCUT2D eigenvalue weighted by Gasteiger charge is -2.16. The predicted molar refractivity (Wildman–Crippen MR) is 80.9 cm³/mol. The number of carboxylic acids is 1. The van der Waals surface area contributed by atoms with Gasteiger partial charge in [-0.3, -0.25) is 0 Å². The van der Waals surface area contributed by atoms with E-state index in [-0.39, 0.29) is 5.82 Å². The van der Waals surface area contributed by atoms with E-state index < -0.39 is 12.0 Å². The van der Waals surface area contributed by atoms with E-state index in [9.17, 15) is 14.3 Å². The highest BCUT2D eigenvalue weighted by Gasteiger charge is 2.17. The highest BCUT2D eigenvalue weighted by Crippen LogP contribution is 2.16. The Balaban J connectivity index is 2.03. The number of aliphatic carboxylic acids is 1. The topological polar surface area (TPSA) is 49.3 Å². The molecule has 0 amide bonds. The monoisotopic (exact) mass is 287 g/mol. The summed E-state index contributed by atoms with van der Waals surface area (Å²) in [4.78, 5) is 11.3. The zero-order valence-electron chi connectivity index (χ0n) is 11.8. The normalized spacial score (nSPS) is 11.9. The first-order valence-corrected chi connectivity index (χ1v) is 6.85. The Labute approximate surface area is 123 Å². The third kappa shape index (κ3) is 4.60. The molecule has 1 atom stereocenters. The van der Waals surface area contributed by atoms with Crippen molar-refractivity contribution >= 4 is 11.7 Å². The molecule has 0 bridgehead atoms. The van der Waals surface area contributed by atoms with Gasteiger partial charge in [0.05, 0.1) is 0 Å². The smallest absolute Gasteiger partial charge is 0.326 e. The maximum atomic E-state index is 13.3. The second-order valence-electron chi connectivity index (χ2n) is 5.08. The van der Waals surface area contributed by atoms with Crippen LogP contribution in [0.4, 0.5) is 10.1 Å². The number of hydrogen-bond donors (Lipinski definition) is 2. The number of rotatable bonds is 6. The number of carbonyl (C=O) groups is 1. The molecule has 0 fully saturated rings. The Morgan fingerprint density at radius 3 is 2.57 bits per heavy atom. The molecule has 0 aliphatic rings. The first-order valence-electron chi connectivity index (χ1n) is 6.85. The quantitative estimate of drug-likeness (QED) is 0.853. The number of anilines is 1. The van der Waals surface area contributed by atoms with E-state index in [1.165, 1.54) is 12.1 Å². The first-order chi connectivity index (χ1) is 10.0. The molecule has 2 rings (SSSR count).